The molecule has 2 fully saturated rings. The molecule has 0 spiro atoms. The van der Waals surface area contributed by atoms with Crippen LogP contribution in [0.2, 0.25) is 0 Å². The molecule has 4 aliphatic rings. The van der Waals surface area contributed by atoms with Gasteiger partial charge in [0, 0.05) is 31.5 Å². The van der Waals surface area contributed by atoms with Gasteiger partial charge in [0.05, 0.1) is 13.2 Å². The molecule has 1 saturated carbocycles. The standard InChI is InChI=1S/C29H43N3O5S/c1-19-12-14-21(15-13-19)25(33)32(17-9-16-29(2)27(35)30(3)28(36)31(29)4)22-18-23(20-10-7-6-8-11-20)38-24(22)26(34)37-5/h10,18-19,21-22,24H,6-9,11-17H2,1-5H3. The van der Waals surface area contributed by atoms with Crippen LogP contribution < -0.4 is 0 Å². The van der Waals surface area contributed by atoms with Crippen molar-refractivity contribution in [3.05, 3.63) is 22.6 Å². The monoisotopic (exact) mass is 545 g/mol. The molecule has 210 valence electrons. The normalized spacial score (nSPS) is 31.8. The third-order valence-electron chi connectivity index (χ3n) is 9.08. The number of imide groups is 1. The minimum absolute atomic E-state index is 0.0556. The van der Waals surface area contributed by atoms with Gasteiger partial charge in [-0.1, -0.05) is 13.0 Å². The lowest BCUT2D eigenvalue weighted by molar-refractivity contribution is -0.143. The molecular weight excluding hydrogens is 502 g/mol. The van der Waals surface area contributed by atoms with Gasteiger partial charge in [0.2, 0.25) is 5.91 Å². The molecule has 9 heteroatoms. The van der Waals surface area contributed by atoms with Crippen LogP contribution in [0.5, 0.6) is 0 Å². The first kappa shape index (κ1) is 28.7. The number of rotatable bonds is 8. The van der Waals surface area contributed by atoms with E-state index in [1.54, 1.807) is 14.0 Å². The Balaban J connectivity index is 1.59. The Hall–Kier alpha value is -2.29. The van der Waals surface area contributed by atoms with Gasteiger partial charge in [-0.05, 0) is 88.7 Å². The number of carbonyl (C=O) groups excluding carboxylic acids is 4. The maximum absolute atomic E-state index is 14.1. The van der Waals surface area contributed by atoms with Crippen LogP contribution >= 0.6 is 11.8 Å². The van der Waals surface area contributed by atoms with Crippen molar-refractivity contribution in [2.24, 2.45) is 11.8 Å². The molecule has 0 aromatic carbocycles. The van der Waals surface area contributed by atoms with Gasteiger partial charge in [0.15, 0.2) is 0 Å². The van der Waals surface area contributed by atoms with Crippen LogP contribution in [0, 0.1) is 11.8 Å². The first-order chi connectivity index (χ1) is 18.1. The number of ether oxygens (including phenoxy) is 1. The van der Waals surface area contributed by atoms with Crippen molar-refractivity contribution in [1.82, 2.24) is 14.7 Å². The highest BCUT2D eigenvalue weighted by molar-refractivity contribution is 8.04. The van der Waals surface area contributed by atoms with Gasteiger partial charge in [-0.15, -0.1) is 11.8 Å². The van der Waals surface area contributed by atoms with Gasteiger partial charge < -0.3 is 14.5 Å². The van der Waals surface area contributed by atoms with Crippen molar-refractivity contribution >= 4 is 35.6 Å². The summed E-state index contributed by atoms with van der Waals surface area (Å²) in [5.41, 5.74) is 0.324. The molecule has 0 N–H and O–H groups in total. The van der Waals surface area contributed by atoms with Gasteiger partial charge in [-0.3, -0.25) is 19.3 Å². The summed E-state index contributed by atoms with van der Waals surface area (Å²) in [4.78, 5) is 58.0. The number of carbonyl (C=O) groups is 4. The Morgan fingerprint density at radius 1 is 1.16 bits per heavy atom. The second-order valence-corrected chi connectivity index (χ2v) is 12.8. The number of hydrogen-bond donors (Lipinski definition) is 0. The largest absolute Gasteiger partial charge is 0.468 e. The SMILES string of the molecule is COC(=O)C1SC(C2=CCCCC2)=CC1N(CCCC1(C)C(=O)N(C)C(=O)N1C)C(=O)C1CCC(C)CC1. The average Bonchev–Trinajstić information content (AvgIpc) is 3.43. The summed E-state index contributed by atoms with van der Waals surface area (Å²) in [7, 11) is 4.57. The summed E-state index contributed by atoms with van der Waals surface area (Å²) in [6, 6.07) is -0.709. The van der Waals surface area contributed by atoms with E-state index < -0.39 is 16.8 Å². The van der Waals surface area contributed by atoms with E-state index in [1.165, 1.54) is 47.7 Å². The Morgan fingerprint density at radius 3 is 2.45 bits per heavy atom. The molecule has 38 heavy (non-hydrogen) atoms. The number of nitrogens with zero attached hydrogens (tertiary/aromatic N) is 3. The number of urea groups is 1. The van der Waals surface area contributed by atoms with Crippen LogP contribution in [0.15, 0.2) is 22.6 Å². The molecule has 8 nitrogen and oxygen atoms in total. The number of thioether (sulfide) groups is 1. The predicted octanol–water partition coefficient (Wildman–Crippen LogP) is 4.75. The Kier molecular flexibility index (Phi) is 8.95. The molecule has 2 aliphatic carbocycles. The van der Waals surface area contributed by atoms with E-state index in [0.29, 0.717) is 25.3 Å². The number of methoxy groups -OCH3 is 1. The molecule has 0 bridgehead atoms. The molecule has 0 radical (unpaired) electrons. The third kappa shape index (κ3) is 5.54. The van der Waals surface area contributed by atoms with Gasteiger partial charge in [-0.25, -0.2) is 4.79 Å². The highest BCUT2D eigenvalue weighted by Gasteiger charge is 2.51. The lowest BCUT2D eigenvalue weighted by Crippen LogP contribution is -2.50. The Labute approximate surface area is 231 Å². The fourth-order valence-electron chi connectivity index (χ4n) is 6.33. The minimum atomic E-state index is -0.944. The van der Waals surface area contributed by atoms with E-state index in [4.69, 9.17) is 4.74 Å². The number of allylic oxidation sites excluding steroid dienone is 2. The average molecular weight is 546 g/mol. The summed E-state index contributed by atoms with van der Waals surface area (Å²) < 4.78 is 5.20. The van der Waals surface area contributed by atoms with Crippen molar-refractivity contribution < 1.29 is 23.9 Å². The van der Waals surface area contributed by atoms with E-state index in [-0.39, 0.29) is 29.7 Å². The van der Waals surface area contributed by atoms with Crippen LogP contribution in [0.1, 0.15) is 78.1 Å². The lowest BCUT2D eigenvalue weighted by Gasteiger charge is -2.36. The maximum Gasteiger partial charge on any atom is 0.327 e. The third-order valence-corrected chi connectivity index (χ3v) is 10.5. The van der Waals surface area contributed by atoms with Crippen molar-refractivity contribution in [1.29, 1.82) is 0 Å². The summed E-state index contributed by atoms with van der Waals surface area (Å²) >= 11 is 1.52. The summed E-state index contributed by atoms with van der Waals surface area (Å²) in [5, 5.41) is -0.511. The van der Waals surface area contributed by atoms with Gasteiger partial charge >= 0.3 is 12.0 Å². The molecule has 4 rings (SSSR count). The minimum Gasteiger partial charge on any atom is -0.468 e. The fraction of sp³-hybridized carbons (Fsp3) is 0.724. The van der Waals surface area contributed by atoms with Crippen molar-refractivity contribution in [2.75, 3.05) is 27.7 Å². The zero-order valence-corrected chi connectivity index (χ0v) is 24.3. The maximum atomic E-state index is 14.1. The van der Waals surface area contributed by atoms with Gasteiger partial charge in [0.1, 0.15) is 10.8 Å². The number of amides is 4. The van der Waals surface area contributed by atoms with E-state index >= 15 is 0 Å². The molecular formula is C29H43N3O5S. The number of esters is 1. The molecule has 0 aromatic heterocycles. The molecule has 1 saturated heterocycles. The van der Waals surface area contributed by atoms with Crippen molar-refractivity contribution in [3.63, 3.8) is 0 Å². The Morgan fingerprint density at radius 2 is 1.87 bits per heavy atom. The molecule has 0 aromatic rings. The zero-order valence-electron chi connectivity index (χ0n) is 23.5. The second kappa shape index (κ2) is 11.8. The lowest BCUT2D eigenvalue weighted by atomic mass is 9.82. The summed E-state index contributed by atoms with van der Waals surface area (Å²) in [5.74, 6) is 0.124. The Bertz CT molecular complexity index is 1020. The quantitative estimate of drug-likeness (QED) is 0.323. The smallest absolute Gasteiger partial charge is 0.327 e. The van der Waals surface area contributed by atoms with E-state index in [0.717, 1.165) is 49.9 Å². The molecule has 3 atom stereocenters. The highest BCUT2D eigenvalue weighted by Crippen LogP contribution is 2.43. The fourth-order valence-corrected chi connectivity index (χ4v) is 7.72. The van der Waals surface area contributed by atoms with Crippen molar-refractivity contribution in [3.8, 4) is 0 Å². The molecule has 2 aliphatic heterocycles. The van der Waals surface area contributed by atoms with E-state index in [9.17, 15) is 19.2 Å². The van der Waals surface area contributed by atoms with Crippen LogP contribution in [-0.2, 0) is 19.1 Å². The predicted molar refractivity (Wildman–Crippen MR) is 148 cm³/mol. The number of likely N-dealkylation sites (N-methyl/N-ethyl adjacent to an activating group) is 2. The van der Waals surface area contributed by atoms with Crippen LogP contribution in [0.25, 0.3) is 0 Å². The van der Waals surface area contributed by atoms with Crippen LogP contribution in [0.4, 0.5) is 4.79 Å². The van der Waals surface area contributed by atoms with Crippen LogP contribution in [-0.4, -0.2) is 83.1 Å². The van der Waals surface area contributed by atoms with Crippen molar-refractivity contribution in [2.45, 2.75) is 94.9 Å². The van der Waals surface area contributed by atoms with E-state index in [1.807, 2.05) is 4.90 Å². The summed E-state index contributed by atoms with van der Waals surface area (Å²) in [6.07, 6.45) is 13.5. The molecule has 4 amide bonds. The van der Waals surface area contributed by atoms with Crippen LogP contribution in [0.3, 0.4) is 0 Å². The van der Waals surface area contributed by atoms with E-state index in [2.05, 4.69) is 19.1 Å². The second-order valence-electron chi connectivity index (χ2n) is 11.6. The first-order valence-corrected chi connectivity index (χ1v) is 15.0. The first-order valence-electron chi connectivity index (χ1n) is 14.1. The molecule has 2 heterocycles. The number of hydrogen-bond acceptors (Lipinski definition) is 6. The summed E-state index contributed by atoms with van der Waals surface area (Å²) in [6.45, 7) is 4.45. The molecule has 3 unspecified atom stereocenters. The van der Waals surface area contributed by atoms with Gasteiger partial charge in [0.25, 0.3) is 5.91 Å². The van der Waals surface area contributed by atoms with Gasteiger partial charge in [-0.2, -0.15) is 0 Å². The zero-order chi connectivity index (χ0) is 27.6. The highest BCUT2D eigenvalue weighted by atomic mass is 32.2. The topological polar surface area (TPSA) is 87.2 Å².